The molecule has 1 saturated heterocycles. The number of methoxy groups -OCH3 is 1. The molecule has 0 atom stereocenters. The molecule has 1 aromatic carbocycles. The summed E-state index contributed by atoms with van der Waals surface area (Å²) in [6, 6.07) is 5.33. The Morgan fingerprint density at radius 1 is 1.14 bits per heavy atom. The lowest BCUT2D eigenvalue weighted by molar-refractivity contribution is -0.156. The van der Waals surface area contributed by atoms with Crippen molar-refractivity contribution in [1.82, 2.24) is 18.7 Å². The van der Waals surface area contributed by atoms with Crippen molar-refractivity contribution in [2.45, 2.75) is 20.3 Å². The molecule has 0 bridgehead atoms. The average Bonchev–Trinajstić information content (AvgIpc) is 3.21. The maximum atomic E-state index is 13.2. The van der Waals surface area contributed by atoms with E-state index >= 15 is 0 Å². The fourth-order valence-corrected chi connectivity index (χ4v) is 5.18. The number of rotatable bonds is 12. The van der Waals surface area contributed by atoms with E-state index in [0.29, 0.717) is 24.2 Å². The van der Waals surface area contributed by atoms with Crippen LogP contribution in [0, 0.1) is 5.41 Å². The predicted molar refractivity (Wildman–Crippen MR) is 140 cm³/mol. The first kappa shape index (κ1) is 28.4. The Balaban J connectivity index is 1.67. The lowest BCUT2D eigenvalue weighted by Gasteiger charge is -2.32. The summed E-state index contributed by atoms with van der Waals surface area (Å²) in [5, 5.41) is 0.812. The van der Waals surface area contributed by atoms with E-state index in [9.17, 15) is 13.2 Å². The van der Waals surface area contributed by atoms with Crippen molar-refractivity contribution < 1.29 is 26.9 Å². The lowest BCUT2D eigenvalue weighted by Crippen LogP contribution is -2.46. The highest BCUT2D eigenvalue weighted by atomic mass is 32.2. The lowest BCUT2D eigenvalue weighted by atomic mass is 9.95. The van der Waals surface area contributed by atoms with Gasteiger partial charge in [0.05, 0.1) is 24.6 Å². The molecule has 0 amide bonds. The monoisotopic (exact) mass is 524 g/mol. The molecule has 1 aliphatic heterocycles. The first-order chi connectivity index (χ1) is 16.9. The second kappa shape index (κ2) is 11.9. The zero-order valence-corrected chi connectivity index (χ0v) is 23.1. The van der Waals surface area contributed by atoms with Crippen molar-refractivity contribution in [3.05, 3.63) is 30.0 Å². The smallest absolute Gasteiger partial charge is 0.366 e. The molecule has 0 radical (unpaired) electrons. The number of carbonyl (C=O) groups is 1. The quantitative estimate of drug-likeness (QED) is 0.385. The Hall–Kier alpha value is -2.18. The summed E-state index contributed by atoms with van der Waals surface area (Å²) in [5.74, 6) is 0.0537. The summed E-state index contributed by atoms with van der Waals surface area (Å²) < 4.78 is 43.8. The molecule has 0 saturated carbocycles. The van der Waals surface area contributed by atoms with E-state index in [1.54, 1.807) is 32.2 Å². The van der Waals surface area contributed by atoms with E-state index in [1.165, 1.54) is 7.11 Å². The third-order valence-corrected chi connectivity index (χ3v) is 7.69. The van der Waals surface area contributed by atoms with Crippen LogP contribution in [0.1, 0.15) is 19.4 Å². The number of ether oxygens (including phenoxy) is 2. The zero-order valence-electron chi connectivity index (χ0n) is 22.3. The largest absolute Gasteiger partial charge is 0.497 e. The van der Waals surface area contributed by atoms with Crippen molar-refractivity contribution in [2.24, 2.45) is 5.41 Å². The molecular formula is C25H40N4O6S. The highest BCUT2D eigenvalue weighted by Crippen LogP contribution is 2.29. The van der Waals surface area contributed by atoms with Crippen LogP contribution >= 0.6 is 0 Å². The number of fused-ring (bicyclic) bond motifs is 1. The van der Waals surface area contributed by atoms with Crippen LogP contribution in [-0.2, 0) is 30.4 Å². The van der Waals surface area contributed by atoms with Gasteiger partial charge in [0.15, 0.2) is 0 Å². The third kappa shape index (κ3) is 7.19. The van der Waals surface area contributed by atoms with Crippen LogP contribution in [-0.4, -0.2) is 114 Å². The molecule has 0 aliphatic carbocycles. The summed E-state index contributed by atoms with van der Waals surface area (Å²) in [6.07, 6.45) is 2.26. The van der Waals surface area contributed by atoms with Gasteiger partial charge in [-0.05, 0) is 59.1 Å². The minimum atomic E-state index is -4.21. The van der Waals surface area contributed by atoms with Gasteiger partial charge in [-0.2, -0.15) is 8.42 Å². The van der Waals surface area contributed by atoms with Crippen LogP contribution in [0.2, 0.25) is 0 Å². The minimum Gasteiger partial charge on any atom is -0.497 e. The molecule has 202 valence electrons. The van der Waals surface area contributed by atoms with Crippen LogP contribution in [0.5, 0.6) is 5.75 Å². The number of hydrogen-bond donors (Lipinski definition) is 0. The van der Waals surface area contributed by atoms with E-state index in [-0.39, 0.29) is 13.2 Å². The van der Waals surface area contributed by atoms with Crippen molar-refractivity contribution >= 4 is 27.2 Å². The van der Waals surface area contributed by atoms with Crippen molar-refractivity contribution in [3.8, 4) is 5.75 Å². The first-order valence-corrected chi connectivity index (χ1v) is 13.6. The highest BCUT2D eigenvalue weighted by molar-refractivity contribution is 7.85. The SMILES string of the molecule is COc1ccc2c(CCN(C)C)cn(S(=O)(=O)OCC(C)(C)C(=O)OCCN3CCN(C)CC3)c2c1. The Kier molecular flexibility index (Phi) is 9.39. The molecule has 1 aliphatic rings. The Bertz CT molecular complexity index is 1140. The summed E-state index contributed by atoms with van der Waals surface area (Å²) in [7, 11) is 3.34. The zero-order chi connectivity index (χ0) is 26.5. The second-order valence-electron chi connectivity index (χ2n) is 10.3. The molecular weight excluding hydrogens is 484 g/mol. The van der Waals surface area contributed by atoms with E-state index in [0.717, 1.165) is 47.6 Å². The minimum absolute atomic E-state index is 0.260. The molecule has 0 unspecified atom stereocenters. The van der Waals surface area contributed by atoms with Gasteiger partial charge in [-0.1, -0.05) is 0 Å². The van der Waals surface area contributed by atoms with Gasteiger partial charge in [-0.15, -0.1) is 0 Å². The Morgan fingerprint density at radius 3 is 2.47 bits per heavy atom. The molecule has 1 aromatic heterocycles. The molecule has 10 nitrogen and oxygen atoms in total. The highest BCUT2D eigenvalue weighted by Gasteiger charge is 2.33. The molecule has 2 aromatic rings. The van der Waals surface area contributed by atoms with Crippen LogP contribution in [0.15, 0.2) is 24.4 Å². The fraction of sp³-hybridized carbons (Fsp3) is 0.640. The van der Waals surface area contributed by atoms with Crippen molar-refractivity contribution in [2.75, 3.05) is 80.7 Å². The van der Waals surface area contributed by atoms with Gasteiger partial charge in [-0.25, -0.2) is 3.97 Å². The second-order valence-corrected chi connectivity index (χ2v) is 11.8. The van der Waals surface area contributed by atoms with Crippen LogP contribution in [0.4, 0.5) is 0 Å². The molecule has 2 heterocycles. The van der Waals surface area contributed by atoms with Gasteiger partial charge in [0.1, 0.15) is 12.4 Å². The van der Waals surface area contributed by atoms with Crippen LogP contribution in [0.3, 0.4) is 0 Å². The number of aromatic nitrogens is 1. The summed E-state index contributed by atoms with van der Waals surface area (Å²) >= 11 is 0. The first-order valence-electron chi connectivity index (χ1n) is 12.2. The maximum Gasteiger partial charge on any atom is 0.366 e. The number of hydrogen-bond acceptors (Lipinski definition) is 9. The Morgan fingerprint density at radius 2 is 1.83 bits per heavy atom. The number of likely N-dealkylation sites (N-methyl/N-ethyl adjacent to an activating group) is 2. The number of esters is 1. The number of benzene rings is 1. The number of nitrogens with zero attached hydrogens (tertiary/aromatic N) is 4. The van der Waals surface area contributed by atoms with Gasteiger partial charge in [0, 0.05) is 56.9 Å². The van der Waals surface area contributed by atoms with E-state index in [4.69, 9.17) is 13.7 Å². The summed E-state index contributed by atoms with van der Waals surface area (Å²) in [4.78, 5) is 19.3. The standard InChI is InChI=1S/C25H40N4O6S/c1-25(2,24(30)34-16-15-28-13-11-27(5)12-14-28)19-35-36(31,32)29-18-20(9-10-26(3)4)22-8-7-21(33-6)17-23(22)29/h7-8,17-18H,9-16,19H2,1-6H3. The predicted octanol–water partition coefficient (Wildman–Crippen LogP) is 1.68. The van der Waals surface area contributed by atoms with Crippen molar-refractivity contribution in [1.29, 1.82) is 0 Å². The van der Waals surface area contributed by atoms with Gasteiger partial charge in [-0.3, -0.25) is 13.9 Å². The van der Waals surface area contributed by atoms with E-state index < -0.39 is 21.7 Å². The van der Waals surface area contributed by atoms with E-state index in [1.807, 2.05) is 25.1 Å². The normalized spacial score (nSPS) is 16.1. The van der Waals surface area contributed by atoms with Crippen molar-refractivity contribution in [3.63, 3.8) is 0 Å². The maximum absolute atomic E-state index is 13.2. The molecule has 36 heavy (non-hydrogen) atoms. The molecule has 11 heteroatoms. The van der Waals surface area contributed by atoms with Gasteiger partial charge < -0.3 is 19.3 Å². The molecule has 0 spiro atoms. The fourth-order valence-electron chi connectivity index (χ4n) is 3.97. The van der Waals surface area contributed by atoms with E-state index in [2.05, 4.69) is 16.8 Å². The molecule has 3 rings (SSSR count). The average molecular weight is 525 g/mol. The van der Waals surface area contributed by atoms with Gasteiger partial charge in [0.2, 0.25) is 0 Å². The molecule has 1 fully saturated rings. The topological polar surface area (TPSA) is 93.5 Å². The van der Waals surface area contributed by atoms with Crippen LogP contribution < -0.4 is 4.74 Å². The van der Waals surface area contributed by atoms with Gasteiger partial charge in [0.25, 0.3) is 0 Å². The molecule has 0 N–H and O–H groups in total. The van der Waals surface area contributed by atoms with Gasteiger partial charge >= 0.3 is 16.3 Å². The summed E-state index contributed by atoms with van der Waals surface area (Å²) in [6.45, 7) is 8.44. The van der Waals surface area contributed by atoms with Crippen LogP contribution in [0.25, 0.3) is 10.9 Å². The summed E-state index contributed by atoms with van der Waals surface area (Å²) in [5.41, 5.74) is 0.218. The Labute approximate surface area is 214 Å². The number of piperazine rings is 1. The number of carbonyl (C=O) groups excluding carboxylic acids is 1. The third-order valence-electron chi connectivity index (χ3n) is 6.49.